The first-order valence-corrected chi connectivity index (χ1v) is 6.22. The fourth-order valence-electron chi connectivity index (χ4n) is 1.65. The SMILES string of the molecule is CCNC(=O)CCNc1ccc2nnc(C(F)(F)F)n2n1. The minimum Gasteiger partial charge on any atom is -0.368 e. The van der Waals surface area contributed by atoms with Crippen LogP contribution in [0.15, 0.2) is 12.1 Å². The van der Waals surface area contributed by atoms with Crippen molar-refractivity contribution in [1.82, 2.24) is 25.1 Å². The van der Waals surface area contributed by atoms with Gasteiger partial charge in [0.2, 0.25) is 5.91 Å². The first-order chi connectivity index (χ1) is 9.91. The summed E-state index contributed by atoms with van der Waals surface area (Å²) in [5.41, 5.74) is -0.00315. The lowest BCUT2D eigenvalue weighted by molar-refractivity contribution is -0.146. The Morgan fingerprint density at radius 1 is 1.33 bits per heavy atom. The maximum Gasteiger partial charge on any atom is 0.453 e. The molecule has 0 aromatic carbocycles. The summed E-state index contributed by atoms with van der Waals surface area (Å²) in [6.45, 7) is 2.58. The number of anilines is 1. The Morgan fingerprint density at radius 3 is 2.76 bits per heavy atom. The van der Waals surface area contributed by atoms with E-state index in [0.29, 0.717) is 11.1 Å². The number of fused-ring (bicyclic) bond motifs is 1. The van der Waals surface area contributed by atoms with Gasteiger partial charge in [-0.25, -0.2) is 0 Å². The molecule has 114 valence electrons. The van der Waals surface area contributed by atoms with E-state index in [1.807, 2.05) is 0 Å². The molecule has 0 saturated heterocycles. The van der Waals surface area contributed by atoms with Crippen molar-refractivity contribution in [2.45, 2.75) is 19.5 Å². The molecule has 0 fully saturated rings. The number of nitrogens with one attached hydrogen (secondary N) is 2. The first kappa shape index (κ1) is 15.0. The van der Waals surface area contributed by atoms with Gasteiger partial charge in [-0.15, -0.1) is 15.3 Å². The van der Waals surface area contributed by atoms with Crippen LogP contribution in [0.1, 0.15) is 19.2 Å². The number of carbonyl (C=O) groups is 1. The zero-order valence-corrected chi connectivity index (χ0v) is 11.1. The third-order valence-electron chi connectivity index (χ3n) is 2.55. The Labute approximate surface area is 117 Å². The molecule has 2 aromatic heterocycles. The van der Waals surface area contributed by atoms with Crippen molar-refractivity contribution < 1.29 is 18.0 Å². The molecule has 0 aliphatic carbocycles. The summed E-state index contributed by atoms with van der Waals surface area (Å²) >= 11 is 0. The van der Waals surface area contributed by atoms with Gasteiger partial charge < -0.3 is 10.6 Å². The zero-order valence-electron chi connectivity index (χ0n) is 11.1. The van der Waals surface area contributed by atoms with Crippen LogP contribution in [0.4, 0.5) is 19.0 Å². The van der Waals surface area contributed by atoms with Crippen LogP contribution >= 0.6 is 0 Å². The Bertz CT molecular complexity index is 638. The average molecular weight is 302 g/mol. The van der Waals surface area contributed by atoms with Gasteiger partial charge in [0.1, 0.15) is 5.82 Å². The molecule has 7 nitrogen and oxygen atoms in total. The number of aromatic nitrogens is 4. The van der Waals surface area contributed by atoms with E-state index in [-0.39, 0.29) is 30.3 Å². The Hall–Kier alpha value is -2.39. The summed E-state index contributed by atoms with van der Waals surface area (Å²) in [6, 6.07) is 2.84. The van der Waals surface area contributed by atoms with E-state index in [1.165, 1.54) is 12.1 Å². The first-order valence-electron chi connectivity index (χ1n) is 6.22. The lowest BCUT2D eigenvalue weighted by Crippen LogP contribution is -2.25. The summed E-state index contributed by atoms with van der Waals surface area (Å²) in [4.78, 5) is 11.2. The van der Waals surface area contributed by atoms with E-state index in [2.05, 4.69) is 25.9 Å². The Morgan fingerprint density at radius 2 is 2.10 bits per heavy atom. The maximum atomic E-state index is 12.7. The normalized spacial score (nSPS) is 11.6. The molecule has 0 bridgehead atoms. The topological polar surface area (TPSA) is 84.2 Å². The van der Waals surface area contributed by atoms with Crippen LogP contribution in [-0.2, 0) is 11.0 Å². The van der Waals surface area contributed by atoms with Crippen LogP contribution in [0.25, 0.3) is 5.65 Å². The second-order valence-corrected chi connectivity index (χ2v) is 4.14. The lowest BCUT2D eigenvalue weighted by Gasteiger charge is -2.07. The highest BCUT2D eigenvalue weighted by Gasteiger charge is 2.37. The zero-order chi connectivity index (χ0) is 15.5. The molecular formula is C11H13F3N6O. The third-order valence-corrected chi connectivity index (χ3v) is 2.55. The summed E-state index contributed by atoms with van der Waals surface area (Å²) in [7, 11) is 0. The minimum absolute atomic E-state index is 0.00315. The van der Waals surface area contributed by atoms with E-state index in [0.717, 1.165) is 0 Å². The minimum atomic E-state index is -4.63. The van der Waals surface area contributed by atoms with Crippen molar-refractivity contribution in [3.8, 4) is 0 Å². The molecule has 0 saturated carbocycles. The van der Waals surface area contributed by atoms with Crippen LogP contribution in [0.5, 0.6) is 0 Å². The molecule has 0 unspecified atom stereocenters. The summed E-state index contributed by atoms with van der Waals surface area (Å²) < 4.78 is 38.7. The fourth-order valence-corrected chi connectivity index (χ4v) is 1.65. The maximum absolute atomic E-state index is 12.7. The number of amides is 1. The van der Waals surface area contributed by atoms with E-state index in [9.17, 15) is 18.0 Å². The Balaban J connectivity index is 2.10. The molecule has 0 radical (unpaired) electrons. The highest BCUT2D eigenvalue weighted by atomic mass is 19.4. The number of hydrogen-bond donors (Lipinski definition) is 2. The van der Waals surface area contributed by atoms with Gasteiger partial charge in [-0.1, -0.05) is 0 Å². The van der Waals surface area contributed by atoms with Crippen LogP contribution in [0, 0.1) is 0 Å². The number of carbonyl (C=O) groups excluding carboxylic acids is 1. The van der Waals surface area contributed by atoms with Crippen molar-refractivity contribution in [2.24, 2.45) is 0 Å². The quantitative estimate of drug-likeness (QED) is 0.863. The second kappa shape index (κ2) is 5.94. The number of alkyl halides is 3. The number of halogens is 3. The molecule has 10 heteroatoms. The second-order valence-electron chi connectivity index (χ2n) is 4.14. The molecule has 1 amide bonds. The number of nitrogens with zero attached hydrogens (tertiary/aromatic N) is 4. The highest BCUT2D eigenvalue weighted by molar-refractivity contribution is 5.76. The van der Waals surface area contributed by atoms with Gasteiger partial charge in [-0.2, -0.15) is 17.7 Å². The highest BCUT2D eigenvalue weighted by Crippen LogP contribution is 2.27. The molecule has 0 atom stereocenters. The van der Waals surface area contributed by atoms with Crippen molar-refractivity contribution in [3.63, 3.8) is 0 Å². The molecule has 0 aliphatic rings. The fraction of sp³-hybridized carbons (Fsp3) is 0.455. The molecular weight excluding hydrogens is 289 g/mol. The van der Waals surface area contributed by atoms with Crippen molar-refractivity contribution in [2.75, 3.05) is 18.4 Å². The predicted molar refractivity (Wildman–Crippen MR) is 67.6 cm³/mol. The molecule has 2 N–H and O–H groups in total. The monoisotopic (exact) mass is 302 g/mol. The van der Waals surface area contributed by atoms with Gasteiger partial charge in [-0.05, 0) is 19.1 Å². The molecule has 2 rings (SSSR count). The molecule has 0 aliphatic heterocycles. The average Bonchev–Trinajstić information content (AvgIpc) is 2.82. The van der Waals surface area contributed by atoms with Crippen molar-refractivity contribution in [1.29, 1.82) is 0 Å². The van der Waals surface area contributed by atoms with Gasteiger partial charge >= 0.3 is 6.18 Å². The van der Waals surface area contributed by atoms with E-state index < -0.39 is 12.0 Å². The summed E-state index contributed by atoms with van der Waals surface area (Å²) in [6.07, 6.45) is -4.44. The van der Waals surface area contributed by atoms with Crippen molar-refractivity contribution in [3.05, 3.63) is 18.0 Å². The van der Waals surface area contributed by atoms with Gasteiger partial charge in [0.25, 0.3) is 5.82 Å². The smallest absolute Gasteiger partial charge is 0.368 e. The number of rotatable bonds is 5. The summed E-state index contributed by atoms with van der Waals surface area (Å²) in [5.74, 6) is -1.13. The van der Waals surface area contributed by atoms with Gasteiger partial charge in [-0.3, -0.25) is 4.79 Å². The molecule has 2 heterocycles. The van der Waals surface area contributed by atoms with Gasteiger partial charge in [0.05, 0.1) is 0 Å². The van der Waals surface area contributed by atoms with Crippen LogP contribution in [-0.4, -0.2) is 38.8 Å². The van der Waals surface area contributed by atoms with Crippen LogP contribution in [0.2, 0.25) is 0 Å². The van der Waals surface area contributed by atoms with Crippen LogP contribution in [0.3, 0.4) is 0 Å². The Kier molecular flexibility index (Phi) is 4.24. The standard InChI is InChI=1S/C11H13F3N6O/c1-2-15-9(21)5-6-16-7-3-4-8-17-18-10(11(12,13)14)20(8)19-7/h3-4H,2,5-6H2,1H3,(H,15,21)(H,16,19). The number of hydrogen-bond acceptors (Lipinski definition) is 5. The largest absolute Gasteiger partial charge is 0.453 e. The van der Waals surface area contributed by atoms with E-state index in [1.54, 1.807) is 6.92 Å². The van der Waals surface area contributed by atoms with Crippen LogP contribution < -0.4 is 10.6 Å². The van der Waals surface area contributed by atoms with Gasteiger partial charge in [0.15, 0.2) is 5.65 Å². The van der Waals surface area contributed by atoms with E-state index in [4.69, 9.17) is 0 Å². The molecule has 2 aromatic rings. The molecule has 21 heavy (non-hydrogen) atoms. The predicted octanol–water partition coefficient (Wildman–Crippen LogP) is 1.08. The van der Waals surface area contributed by atoms with Crippen molar-refractivity contribution >= 4 is 17.4 Å². The molecule has 0 spiro atoms. The lowest BCUT2D eigenvalue weighted by atomic mass is 10.4. The van der Waals surface area contributed by atoms with E-state index >= 15 is 0 Å². The third kappa shape index (κ3) is 3.58. The van der Waals surface area contributed by atoms with Gasteiger partial charge in [0, 0.05) is 19.5 Å². The summed E-state index contributed by atoms with van der Waals surface area (Å²) in [5, 5.41) is 15.6.